The molecule has 0 aliphatic carbocycles. The van der Waals surface area contributed by atoms with Gasteiger partial charge in [-0.2, -0.15) is 5.10 Å². The maximum absolute atomic E-state index is 12.1. The molecule has 128 valence electrons. The normalized spacial score (nSPS) is 12.2. The van der Waals surface area contributed by atoms with Crippen LogP contribution in [0.4, 0.5) is 0 Å². The average molecular weight is 360 g/mol. The fraction of sp³-hybridized carbons (Fsp3) is 0.0500. The number of nitrogens with one attached hydrogen (secondary N) is 1. The summed E-state index contributed by atoms with van der Waals surface area (Å²) in [5, 5.41) is 13.7. The Morgan fingerprint density at radius 1 is 0.962 bits per heavy atom. The lowest BCUT2D eigenvalue weighted by atomic mass is 9.99. The van der Waals surface area contributed by atoms with Crippen molar-refractivity contribution in [2.24, 2.45) is 7.05 Å². The first-order valence-electron chi connectivity index (χ1n) is 8.06. The SMILES string of the molecule is Cn1cc(-c2ccc(-c3cnc(S(=O)C=N)c4ccccc34)cc2)cn1. The minimum absolute atomic E-state index is 0.423. The topological polar surface area (TPSA) is 71.6 Å². The van der Waals surface area contributed by atoms with Crippen LogP contribution in [0.25, 0.3) is 33.0 Å². The molecule has 1 unspecified atom stereocenters. The van der Waals surface area contributed by atoms with Gasteiger partial charge < -0.3 is 0 Å². The van der Waals surface area contributed by atoms with E-state index in [1.165, 1.54) is 0 Å². The number of aromatic nitrogens is 3. The van der Waals surface area contributed by atoms with E-state index in [2.05, 4.69) is 34.3 Å². The molecular weight excluding hydrogens is 344 g/mol. The largest absolute Gasteiger partial charge is 0.299 e. The second-order valence-corrected chi connectivity index (χ2v) is 7.14. The van der Waals surface area contributed by atoms with Crippen molar-refractivity contribution in [3.8, 4) is 22.3 Å². The van der Waals surface area contributed by atoms with Gasteiger partial charge in [0.1, 0.15) is 15.8 Å². The first-order valence-corrected chi connectivity index (χ1v) is 9.27. The molecule has 26 heavy (non-hydrogen) atoms. The third-order valence-electron chi connectivity index (χ3n) is 4.29. The van der Waals surface area contributed by atoms with Crippen molar-refractivity contribution < 1.29 is 4.21 Å². The minimum atomic E-state index is -1.53. The fourth-order valence-electron chi connectivity index (χ4n) is 3.03. The van der Waals surface area contributed by atoms with E-state index in [1.807, 2.05) is 43.7 Å². The van der Waals surface area contributed by atoms with E-state index < -0.39 is 10.8 Å². The summed E-state index contributed by atoms with van der Waals surface area (Å²) < 4.78 is 13.9. The maximum Gasteiger partial charge on any atom is 0.140 e. The van der Waals surface area contributed by atoms with Crippen LogP contribution in [0.1, 0.15) is 0 Å². The number of aryl methyl sites for hydroxylation is 1. The molecule has 0 fully saturated rings. The molecule has 0 aliphatic heterocycles. The molecule has 2 heterocycles. The number of benzene rings is 2. The first kappa shape index (κ1) is 16.4. The maximum atomic E-state index is 12.1. The number of hydrogen-bond acceptors (Lipinski definition) is 4. The highest BCUT2D eigenvalue weighted by atomic mass is 32.2. The predicted molar refractivity (Wildman–Crippen MR) is 105 cm³/mol. The summed E-state index contributed by atoms with van der Waals surface area (Å²) in [5.41, 5.74) is 5.09. The van der Waals surface area contributed by atoms with Gasteiger partial charge in [0.15, 0.2) is 0 Å². The highest BCUT2D eigenvalue weighted by molar-refractivity contribution is 7.98. The number of rotatable bonds is 4. The lowest BCUT2D eigenvalue weighted by molar-refractivity contribution is 0.688. The van der Waals surface area contributed by atoms with E-state index in [0.717, 1.165) is 38.6 Å². The van der Waals surface area contributed by atoms with Crippen molar-refractivity contribution in [3.05, 3.63) is 67.1 Å². The summed E-state index contributed by atoms with van der Waals surface area (Å²) in [6.45, 7) is 0. The number of pyridine rings is 1. The summed E-state index contributed by atoms with van der Waals surface area (Å²) >= 11 is 0. The Morgan fingerprint density at radius 3 is 2.31 bits per heavy atom. The molecular formula is C20H16N4OS. The van der Waals surface area contributed by atoms with Gasteiger partial charge in [-0.25, -0.2) is 9.19 Å². The van der Waals surface area contributed by atoms with E-state index in [1.54, 1.807) is 10.9 Å². The van der Waals surface area contributed by atoms with Crippen LogP contribution in [0.2, 0.25) is 0 Å². The van der Waals surface area contributed by atoms with E-state index in [4.69, 9.17) is 5.41 Å². The van der Waals surface area contributed by atoms with Gasteiger partial charge in [-0.05, 0) is 16.5 Å². The van der Waals surface area contributed by atoms with Crippen molar-refractivity contribution in [1.82, 2.24) is 14.8 Å². The van der Waals surface area contributed by atoms with E-state index >= 15 is 0 Å². The first-order chi connectivity index (χ1) is 12.7. The summed E-state index contributed by atoms with van der Waals surface area (Å²) in [6.07, 6.45) is 5.55. The lowest BCUT2D eigenvalue weighted by Gasteiger charge is -2.10. The van der Waals surface area contributed by atoms with Crippen molar-refractivity contribution in [2.45, 2.75) is 5.03 Å². The highest BCUT2D eigenvalue weighted by Crippen LogP contribution is 2.31. The molecule has 2 aromatic heterocycles. The van der Waals surface area contributed by atoms with Crippen LogP contribution < -0.4 is 0 Å². The van der Waals surface area contributed by atoms with Crippen LogP contribution in [-0.4, -0.2) is 24.5 Å². The van der Waals surface area contributed by atoms with E-state index in [-0.39, 0.29) is 0 Å². The molecule has 0 radical (unpaired) electrons. The van der Waals surface area contributed by atoms with Gasteiger partial charge in [-0.1, -0.05) is 48.5 Å². The molecule has 1 atom stereocenters. The summed E-state index contributed by atoms with van der Waals surface area (Å²) in [7, 11) is 0.364. The fourth-order valence-corrected chi connectivity index (χ4v) is 3.69. The van der Waals surface area contributed by atoms with Crippen molar-refractivity contribution in [1.29, 1.82) is 5.41 Å². The molecule has 0 aliphatic rings. The smallest absolute Gasteiger partial charge is 0.140 e. The number of fused-ring (bicyclic) bond motifs is 1. The molecule has 4 aromatic rings. The summed E-state index contributed by atoms with van der Waals surface area (Å²) in [6, 6.07) is 16.0. The average Bonchev–Trinajstić information content (AvgIpc) is 3.13. The zero-order valence-electron chi connectivity index (χ0n) is 14.1. The molecule has 0 spiro atoms. The quantitative estimate of drug-likeness (QED) is 0.441. The molecule has 0 saturated heterocycles. The third-order valence-corrected chi connectivity index (χ3v) is 5.21. The van der Waals surface area contributed by atoms with E-state index in [0.29, 0.717) is 5.03 Å². The van der Waals surface area contributed by atoms with Crippen LogP contribution in [0.15, 0.2) is 72.1 Å². The van der Waals surface area contributed by atoms with Crippen LogP contribution in [0.3, 0.4) is 0 Å². The van der Waals surface area contributed by atoms with Crippen molar-refractivity contribution in [3.63, 3.8) is 0 Å². The third kappa shape index (κ3) is 2.84. The second kappa shape index (κ2) is 6.65. The van der Waals surface area contributed by atoms with Gasteiger partial charge in [0, 0.05) is 36.0 Å². The molecule has 2 aromatic carbocycles. The van der Waals surface area contributed by atoms with Gasteiger partial charge in [-0.3, -0.25) is 10.1 Å². The van der Waals surface area contributed by atoms with Crippen molar-refractivity contribution in [2.75, 3.05) is 0 Å². The van der Waals surface area contributed by atoms with Gasteiger partial charge in [-0.15, -0.1) is 0 Å². The zero-order chi connectivity index (χ0) is 18.1. The van der Waals surface area contributed by atoms with Gasteiger partial charge in [0.2, 0.25) is 0 Å². The zero-order valence-corrected chi connectivity index (χ0v) is 14.9. The Kier molecular flexibility index (Phi) is 4.18. The van der Waals surface area contributed by atoms with Gasteiger partial charge >= 0.3 is 0 Å². The van der Waals surface area contributed by atoms with Crippen molar-refractivity contribution >= 4 is 27.1 Å². The van der Waals surface area contributed by atoms with Crippen LogP contribution >= 0.6 is 0 Å². The minimum Gasteiger partial charge on any atom is -0.299 e. The molecule has 5 nitrogen and oxygen atoms in total. The summed E-state index contributed by atoms with van der Waals surface area (Å²) in [5.74, 6) is 0. The lowest BCUT2D eigenvalue weighted by Crippen LogP contribution is -1.97. The van der Waals surface area contributed by atoms with E-state index in [9.17, 15) is 4.21 Å². The van der Waals surface area contributed by atoms with Crippen LogP contribution in [0, 0.1) is 5.41 Å². The Bertz CT molecular complexity index is 1130. The Balaban J connectivity index is 1.82. The molecule has 4 rings (SSSR count). The molecule has 0 saturated carbocycles. The second-order valence-electron chi connectivity index (χ2n) is 5.92. The van der Waals surface area contributed by atoms with Crippen LogP contribution in [0.5, 0.6) is 0 Å². The molecule has 0 bridgehead atoms. The molecule has 1 N–H and O–H groups in total. The van der Waals surface area contributed by atoms with Crippen LogP contribution in [-0.2, 0) is 17.8 Å². The summed E-state index contributed by atoms with van der Waals surface area (Å²) in [4.78, 5) is 4.37. The number of nitrogens with zero attached hydrogens (tertiary/aromatic N) is 3. The standard InChI is InChI=1S/C20H16N4OS/c1-24-12-16(10-23-24)14-6-8-15(9-7-14)19-11-22-20(26(25)13-21)18-5-3-2-4-17(18)19/h2-13,21H,1H3. The highest BCUT2D eigenvalue weighted by Gasteiger charge is 2.12. The number of hydrogen-bond donors (Lipinski definition) is 1. The monoisotopic (exact) mass is 360 g/mol. The molecule has 6 heteroatoms. The van der Waals surface area contributed by atoms with Gasteiger partial charge in [0.25, 0.3) is 0 Å². The van der Waals surface area contributed by atoms with Gasteiger partial charge in [0.05, 0.1) is 11.7 Å². The Hall–Kier alpha value is -3.12. The molecule has 0 amide bonds. The Labute approximate surface area is 153 Å². The predicted octanol–water partition coefficient (Wildman–Crippen LogP) is 4.02. The Morgan fingerprint density at radius 2 is 1.65 bits per heavy atom.